The van der Waals surface area contributed by atoms with Crippen molar-refractivity contribution >= 4 is 16.7 Å². The molecule has 96 valence electrons. The average Bonchev–Trinajstić information content (AvgIpc) is 2.76. The van der Waals surface area contributed by atoms with E-state index in [9.17, 15) is 5.11 Å². The van der Waals surface area contributed by atoms with E-state index < -0.39 is 0 Å². The molecule has 4 nitrogen and oxygen atoms in total. The van der Waals surface area contributed by atoms with Gasteiger partial charge in [0.05, 0.1) is 16.7 Å². The quantitative estimate of drug-likeness (QED) is 0.460. The fraction of sp³-hybridized carbons (Fsp3) is 0.133. The van der Waals surface area contributed by atoms with Crippen LogP contribution in [0.2, 0.25) is 0 Å². The van der Waals surface area contributed by atoms with Crippen molar-refractivity contribution in [2.24, 2.45) is 0 Å². The number of aromatic amines is 1. The smallest absolute Gasteiger partial charge is 0.138 e. The summed E-state index contributed by atoms with van der Waals surface area (Å²) in [5, 5.41) is 9.46. The molecule has 3 aromatic rings. The Balaban J connectivity index is 2.20. The second-order valence-electron chi connectivity index (χ2n) is 4.84. The summed E-state index contributed by atoms with van der Waals surface area (Å²) in [5.41, 5.74) is 11.3. The Labute approximate surface area is 110 Å². The molecular weight excluding hydrogens is 238 g/mol. The molecule has 4 heteroatoms. The number of nitrogens with zero attached hydrogens (tertiary/aromatic N) is 1. The summed E-state index contributed by atoms with van der Waals surface area (Å²) in [4.78, 5) is 7.89. The zero-order valence-electron chi connectivity index (χ0n) is 10.9. The second-order valence-corrected chi connectivity index (χ2v) is 4.84. The van der Waals surface area contributed by atoms with Gasteiger partial charge in [0.25, 0.3) is 0 Å². The van der Waals surface area contributed by atoms with Crippen LogP contribution in [0.1, 0.15) is 11.1 Å². The Kier molecular flexibility index (Phi) is 2.45. The number of fused-ring (bicyclic) bond motifs is 1. The molecule has 4 N–H and O–H groups in total. The van der Waals surface area contributed by atoms with Crippen LogP contribution in [-0.2, 0) is 0 Å². The highest BCUT2D eigenvalue weighted by Crippen LogP contribution is 2.28. The van der Waals surface area contributed by atoms with Crippen LogP contribution in [0, 0.1) is 13.8 Å². The molecule has 0 amide bonds. The lowest BCUT2D eigenvalue weighted by molar-refractivity contribution is 0.478. The minimum Gasteiger partial charge on any atom is -0.506 e. The van der Waals surface area contributed by atoms with Crippen molar-refractivity contribution in [2.45, 2.75) is 13.8 Å². The van der Waals surface area contributed by atoms with Crippen molar-refractivity contribution in [3.8, 4) is 17.1 Å². The summed E-state index contributed by atoms with van der Waals surface area (Å²) in [6.45, 7) is 4.11. The van der Waals surface area contributed by atoms with Gasteiger partial charge in [-0.05, 0) is 49.2 Å². The maximum absolute atomic E-state index is 9.46. The van der Waals surface area contributed by atoms with Gasteiger partial charge in [-0.15, -0.1) is 0 Å². The molecule has 19 heavy (non-hydrogen) atoms. The molecule has 0 aliphatic carbocycles. The minimum absolute atomic E-state index is 0.0897. The van der Waals surface area contributed by atoms with E-state index in [2.05, 4.69) is 29.0 Å². The van der Waals surface area contributed by atoms with Crippen LogP contribution in [0.15, 0.2) is 30.3 Å². The first-order chi connectivity index (χ1) is 9.04. The maximum atomic E-state index is 9.46. The van der Waals surface area contributed by atoms with Crippen molar-refractivity contribution in [3.05, 3.63) is 41.5 Å². The number of rotatable bonds is 1. The number of nitrogen functional groups attached to an aromatic ring is 1. The van der Waals surface area contributed by atoms with Crippen LogP contribution in [0.25, 0.3) is 22.4 Å². The fourth-order valence-corrected chi connectivity index (χ4v) is 2.31. The summed E-state index contributed by atoms with van der Waals surface area (Å²) < 4.78 is 0. The van der Waals surface area contributed by atoms with E-state index in [0.29, 0.717) is 5.69 Å². The lowest BCUT2D eigenvalue weighted by Gasteiger charge is -2.00. The van der Waals surface area contributed by atoms with Gasteiger partial charge >= 0.3 is 0 Å². The van der Waals surface area contributed by atoms with Gasteiger partial charge in [-0.3, -0.25) is 0 Å². The predicted molar refractivity (Wildman–Crippen MR) is 77.1 cm³/mol. The molecule has 0 spiro atoms. The van der Waals surface area contributed by atoms with E-state index in [0.717, 1.165) is 28.0 Å². The molecule has 0 unspecified atom stereocenters. The highest BCUT2D eigenvalue weighted by molar-refractivity contribution is 5.83. The number of H-pyrrole nitrogens is 1. The van der Waals surface area contributed by atoms with Gasteiger partial charge in [-0.1, -0.05) is 6.07 Å². The predicted octanol–water partition coefficient (Wildman–Crippen LogP) is 3.13. The van der Waals surface area contributed by atoms with Crippen LogP contribution in [0.5, 0.6) is 5.75 Å². The molecule has 0 aliphatic heterocycles. The van der Waals surface area contributed by atoms with Crippen molar-refractivity contribution in [1.82, 2.24) is 9.97 Å². The number of aromatic hydroxyl groups is 1. The van der Waals surface area contributed by atoms with Gasteiger partial charge in [-0.25, -0.2) is 4.98 Å². The molecule has 0 bridgehead atoms. The third-order valence-corrected chi connectivity index (χ3v) is 3.22. The first kappa shape index (κ1) is 11.6. The molecule has 3 rings (SSSR count). The first-order valence-electron chi connectivity index (χ1n) is 6.10. The van der Waals surface area contributed by atoms with Crippen LogP contribution >= 0.6 is 0 Å². The van der Waals surface area contributed by atoms with E-state index in [1.54, 1.807) is 18.2 Å². The average molecular weight is 253 g/mol. The molecule has 0 fully saturated rings. The van der Waals surface area contributed by atoms with Crippen molar-refractivity contribution in [1.29, 1.82) is 0 Å². The Hall–Kier alpha value is -2.49. The molecule has 2 aromatic carbocycles. The monoisotopic (exact) mass is 253 g/mol. The molecule has 1 aromatic heterocycles. The van der Waals surface area contributed by atoms with Crippen molar-refractivity contribution in [2.75, 3.05) is 5.73 Å². The number of anilines is 1. The number of hydrogen-bond donors (Lipinski definition) is 3. The third kappa shape index (κ3) is 1.91. The molecule has 0 radical (unpaired) electrons. The van der Waals surface area contributed by atoms with E-state index in [1.807, 2.05) is 6.92 Å². The lowest BCUT2D eigenvalue weighted by atomic mass is 10.1. The zero-order chi connectivity index (χ0) is 13.6. The summed E-state index contributed by atoms with van der Waals surface area (Å²) in [5.74, 6) is 0.849. The Morgan fingerprint density at radius 3 is 2.68 bits per heavy atom. The van der Waals surface area contributed by atoms with Crippen LogP contribution in [0.3, 0.4) is 0 Å². The Morgan fingerprint density at radius 2 is 1.95 bits per heavy atom. The van der Waals surface area contributed by atoms with Crippen LogP contribution in [0.4, 0.5) is 5.69 Å². The standard InChI is InChI=1S/C15H15N3O/c1-8-5-9(2)14-12(6-8)17-15(18-14)10-3-4-13(19)11(16)7-10/h3-7,19H,16H2,1-2H3,(H,17,18). The molecule has 1 heterocycles. The van der Waals surface area contributed by atoms with Gasteiger partial charge in [0.15, 0.2) is 0 Å². The van der Waals surface area contributed by atoms with Gasteiger partial charge in [0.1, 0.15) is 11.6 Å². The van der Waals surface area contributed by atoms with Crippen molar-refractivity contribution in [3.63, 3.8) is 0 Å². The number of nitrogens with one attached hydrogen (secondary N) is 1. The highest BCUT2D eigenvalue weighted by Gasteiger charge is 2.09. The highest BCUT2D eigenvalue weighted by atomic mass is 16.3. The number of phenolic OH excluding ortho intramolecular Hbond substituents is 1. The zero-order valence-corrected chi connectivity index (χ0v) is 10.9. The number of imidazole rings is 1. The van der Waals surface area contributed by atoms with Crippen molar-refractivity contribution < 1.29 is 5.11 Å². The first-order valence-corrected chi connectivity index (χ1v) is 6.10. The molecule has 0 saturated heterocycles. The number of aryl methyl sites for hydroxylation is 2. The summed E-state index contributed by atoms with van der Waals surface area (Å²) in [7, 11) is 0. The summed E-state index contributed by atoms with van der Waals surface area (Å²) in [6.07, 6.45) is 0. The SMILES string of the molecule is Cc1cc(C)c2nc(-c3ccc(O)c(N)c3)[nH]c2c1. The number of nitrogens with two attached hydrogens (primary N) is 1. The lowest BCUT2D eigenvalue weighted by Crippen LogP contribution is -1.87. The Bertz CT molecular complexity index is 774. The maximum Gasteiger partial charge on any atom is 0.138 e. The minimum atomic E-state index is 0.0897. The van der Waals surface area contributed by atoms with E-state index in [4.69, 9.17) is 5.73 Å². The van der Waals surface area contributed by atoms with Crippen LogP contribution < -0.4 is 5.73 Å². The van der Waals surface area contributed by atoms with Gasteiger partial charge in [-0.2, -0.15) is 0 Å². The summed E-state index contributed by atoms with van der Waals surface area (Å²) >= 11 is 0. The number of phenols is 1. The van der Waals surface area contributed by atoms with Crippen LogP contribution in [-0.4, -0.2) is 15.1 Å². The largest absolute Gasteiger partial charge is 0.506 e. The van der Waals surface area contributed by atoms with E-state index in [1.165, 1.54) is 5.56 Å². The van der Waals surface area contributed by atoms with Gasteiger partial charge in [0, 0.05) is 5.56 Å². The topological polar surface area (TPSA) is 74.9 Å². The summed E-state index contributed by atoms with van der Waals surface area (Å²) in [6, 6.07) is 9.28. The molecular formula is C15H15N3O. The number of hydrogen-bond acceptors (Lipinski definition) is 3. The van der Waals surface area contributed by atoms with E-state index >= 15 is 0 Å². The third-order valence-electron chi connectivity index (χ3n) is 3.22. The fourth-order valence-electron chi connectivity index (χ4n) is 2.31. The van der Waals surface area contributed by atoms with Gasteiger partial charge < -0.3 is 15.8 Å². The number of benzene rings is 2. The number of aromatic nitrogens is 2. The van der Waals surface area contributed by atoms with E-state index in [-0.39, 0.29) is 5.75 Å². The normalized spacial score (nSPS) is 11.1. The second kappa shape index (κ2) is 4.02. The van der Waals surface area contributed by atoms with Gasteiger partial charge in [0.2, 0.25) is 0 Å². The molecule has 0 atom stereocenters. The Morgan fingerprint density at radius 1 is 1.16 bits per heavy atom. The molecule has 0 saturated carbocycles. The molecule has 0 aliphatic rings.